The van der Waals surface area contributed by atoms with Gasteiger partial charge < -0.3 is 10.5 Å². The second-order valence-electron chi connectivity index (χ2n) is 5.17. The zero-order chi connectivity index (χ0) is 15.0. The molecule has 0 saturated carbocycles. The molecule has 0 atom stereocenters. The predicted molar refractivity (Wildman–Crippen MR) is 82.2 cm³/mol. The van der Waals surface area contributed by atoms with Crippen LogP contribution in [-0.2, 0) is 10.0 Å². The molecular formula is C14H24N2O3S. The minimum atomic E-state index is -3.27. The monoisotopic (exact) mass is 300 g/mol. The number of nitrogen functional groups attached to an aromatic ring is 1. The molecule has 1 aromatic rings. The smallest absolute Gasteiger partial charge is 0.214 e. The van der Waals surface area contributed by atoms with E-state index in [1.807, 2.05) is 0 Å². The van der Waals surface area contributed by atoms with Gasteiger partial charge in [-0.25, -0.2) is 13.1 Å². The molecule has 0 amide bonds. The molecule has 0 saturated heterocycles. The largest absolute Gasteiger partial charge is 0.492 e. The molecule has 1 rings (SSSR count). The molecule has 0 bridgehead atoms. The van der Waals surface area contributed by atoms with Gasteiger partial charge in [0, 0.05) is 18.3 Å². The summed E-state index contributed by atoms with van der Waals surface area (Å²) in [5, 5.41) is 0. The third-order valence-corrected chi connectivity index (χ3v) is 4.11. The van der Waals surface area contributed by atoms with E-state index in [1.165, 1.54) is 0 Å². The maximum atomic E-state index is 11.7. The molecule has 0 aliphatic heterocycles. The van der Waals surface area contributed by atoms with Crippen LogP contribution in [0.4, 0.5) is 5.69 Å². The summed E-state index contributed by atoms with van der Waals surface area (Å²) in [5.74, 6) is 1.12. The van der Waals surface area contributed by atoms with Crippen molar-refractivity contribution >= 4 is 15.7 Å². The lowest BCUT2D eigenvalue weighted by atomic mass is 10.1. The van der Waals surface area contributed by atoms with Crippen molar-refractivity contribution in [3.05, 3.63) is 24.3 Å². The lowest BCUT2D eigenvalue weighted by molar-refractivity contribution is 0.340. The van der Waals surface area contributed by atoms with Gasteiger partial charge in [-0.1, -0.05) is 19.9 Å². The maximum Gasteiger partial charge on any atom is 0.214 e. The molecule has 3 N–H and O–H groups in total. The summed E-state index contributed by atoms with van der Waals surface area (Å²) in [4.78, 5) is 0. The van der Waals surface area contributed by atoms with Crippen LogP contribution in [0.15, 0.2) is 24.3 Å². The van der Waals surface area contributed by atoms with Crippen molar-refractivity contribution in [2.75, 3.05) is 24.6 Å². The minimum absolute atomic E-state index is 0.0521. The Balaban J connectivity index is 2.26. The molecular weight excluding hydrogens is 276 g/mol. The first-order valence-corrected chi connectivity index (χ1v) is 8.50. The van der Waals surface area contributed by atoms with Crippen LogP contribution < -0.4 is 15.2 Å². The van der Waals surface area contributed by atoms with Crippen molar-refractivity contribution in [1.29, 1.82) is 0 Å². The van der Waals surface area contributed by atoms with Crippen LogP contribution in [0.3, 0.4) is 0 Å². The van der Waals surface area contributed by atoms with E-state index in [0.717, 1.165) is 12.8 Å². The van der Waals surface area contributed by atoms with E-state index < -0.39 is 10.0 Å². The normalized spacial score (nSPS) is 11.8. The first-order chi connectivity index (χ1) is 9.39. The fourth-order valence-electron chi connectivity index (χ4n) is 1.68. The van der Waals surface area contributed by atoms with Crippen molar-refractivity contribution in [3.63, 3.8) is 0 Å². The molecule has 0 aliphatic rings. The van der Waals surface area contributed by atoms with Crippen LogP contribution in [0.1, 0.15) is 26.7 Å². The fourth-order valence-corrected chi connectivity index (χ4v) is 2.59. The molecule has 0 spiro atoms. The van der Waals surface area contributed by atoms with Gasteiger partial charge >= 0.3 is 0 Å². The van der Waals surface area contributed by atoms with E-state index in [4.69, 9.17) is 10.5 Å². The van der Waals surface area contributed by atoms with E-state index >= 15 is 0 Å². The molecule has 6 heteroatoms. The highest BCUT2D eigenvalue weighted by Gasteiger charge is 2.09. The van der Waals surface area contributed by atoms with Crippen molar-refractivity contribution in [3.8, 4) is 5.75 Å². The van der Waals surface area contributed by atoms with Crippen molar-refractivity contribution in [2.24, 2.45) is 5.92 Å². The first kappa shape index (κ1) is 16.8. The Morgan fingerprint density at radius 2 is 2.10 bits per heavy atom. The zero-order valence-corrected chi connectivity index (χ0v) is 12.9. The quantitative estimate of drug-likeness (QED) is 0.540. The van der Waals surface area contributed by atoms with Gasteiger partial charge in [0.2, 0.25) is 10.0 Å². The van der Waals surface area contributed by atoms with Crippen LogP contribution in [0.5, 0.6) is 5.75 Å². The highest BCUT2D eigenvalue weighted by molar-refractivity contribution is 7.89. The van der Waals surface area contributed by atoms with Gasteiger partial charge in [0.05, 0.1) is 5.75 Å². The number of benzene rings is 1. The lowest BCUT2D eigenvalue weighted by Gasteiger charge is -2.09. The standard InChI is InChI=1S/C14H24N2O3S/c1-12(2)5-4-8-16-20(17,18)10-9-19-14-7-3-6-13(15)11-14/h3,6-7,11-12,16H,4-5,8-10,15H2,1-2H3. The third-order valence-electron chi connectivity index (χ3n) is 2.76. The summed E-state index contributed by atoms with van der Waals surface area (Å²) in [6, 6.07) is 6.94. The summed E-state index contributed by atoms with van der Waals surface area (Å²) in [6.07, 6.45) is 1.87. The Bertz CT molecular complexity index is 501. The van der Waals surface area contributed by atoms with Gasteiger partial charge in [0.1, 0.15) is 12.4 Å². The fraction of sp³-hybridized carbons (Fsp3) is 0.571. The van der Waals surface area contributed by atoms with Gasteiger partial charge in [-0.05, 0) is 30.9 Å². The Morgan fingerprint density at radius 3 is 2.75 bits per heavy atom. The second kappa shape index (κ2) is 8.11. The predicted octanol–water partition coefficient (Wildman–Crippen LogP) is 2.00. The molecule has 0 radical (unpaired) electrons. The molecule has 0 fully saturated rings. The van der Waals surface area contributed by atoms with E-state index in [2.05, 4.69) is 18.6 Å². The number of hydrogen-bond acceptors (Lipinski definition) is 4. The van der Waals surface area contributed by atoms with Crippen LogP contribution in [0.2, 0.25) is 0 Å². The van der Waals surface area contributed by atoms with E-state index in [-0.39, 0.29) is 12.4 Å². The minimum Gasteiger partial charge on any atom is -0.492 e. The summed E-state index contributed by atoms with van der Waals surface area (Å²) in [7, 11) is -3.27. The van der Waals surface area contributed by atoms with Gasteiger partial charge in [-0.2, -0.15) is 0 Å². The van der Waals surface area contributed by atoms with Crippen molar-refractivity contribution < 1.29 is 13.2 Å². The lowest BCUT2D eigenvalue weighted by Crippen LogP contribution is -2.30. The zero-order valence-electron chi connectivity index (χ0n) is 12.1. The Labute approximate surface area is 121 Å². The van der Waals surface area contributed by atoms with E-state index in [0.29, 0.717) is 23.9 Å². The van der Waals surface area contributed by atoms with Gasteiger partial charge in [0.25, 0.3) is 0 Å². The van der Waals surface area contributed by atoms with Crippen molar-refractivity contribution in [1.82, 2.24) is 4.72 Å². The molecule has 20 heavy (non-hydrogen) atoms. The second-order valence-corrected chi connectivity index (χ2v) is 7.10. The van der Waals surface area contributed by atoms with E-state index in [1.54, 1.807) is 24.3 Å². The average Bonchev–Trinajstić information content (AvgIpc) is 2.34. The summed E-state index contributed by atoms with van der Waals surface area (Å²) in [6.45, 7) is 4.84. The highest BCUT2D eigenvalue weighted by atomic mass is 32.2. The van der Waals surface area contributed by atoms with Gasteiger partial charge in [-0.15, -0.1) is 0 Å². The number of nitrogens with one attached hydrogen (secondary N) is 1. The number of nitrogens with two attached hydrogens (primary N) is 1. The number of anilines is 1. The summed E-state index contributed by atoms with van der Waals surface area (Å²) < 4.78 is 31.4. The molecule has 1 aromatic carbocycles. The molecule has 0 aliphatic carbocycles. The Hall–Kier alpha value is -1.27. The van der Waals surface area contributed by atoms with Crippen LogP contribution in [0, 0.1) is 5.92 Å². The van der Waals surface area contributed by atoms with Gasteiger partial charge in [-0.3, -0.25) is 0 Å². The number of hydrogen-bond donors (Lipinski definition) is 2. The molecule has 0 aromatic heterocycles. The van der Waals surface area contributed by atoms with Crippen LogP contribution in [-0.4, -0.2) is 27.3 Å². The SMILES string of the molecule is CC(C)CCCNS(=O)(=O)CCOc1cccc(N)c1. The van der Waals surface area contributed by atoms with Crippen LogP contribution >= 0.6 is 0 Å². The number of ether oxygens (including phenoxy) is 1. The maximum absolute atomic E-state index is 11.7. The Morgan fingerprint density at radius 1 is 1.35 bits per heavy atom. The number of sulfonamides is 1. The first-order valence-electron chi connectivity index (χ1n) is 6.85. The third kappa shape index (κ3) is 7.35. The Kier molecular flexibility index (Phi) is 6.81. The topological polar surface area (TPSA) is 81.4 Å². The molecule has 0 heterocycles. The number of rotatable bonds is 9. The van der Waals surface area contributed by atoms with Crippen LogP contribution in [0.25, 0.3) is 0 Å². The molecule has 114 valence electrons. The highest BCUT2D eigenvalue weighted by Crippen LogP contribution is 2.14. The van der Waals surface area contributed by atoms with Gasteiger partial charge in [0.15, 0.2) is 0 Å². The summed E-state index contributed by atoms with van der Waals surface area (Å²) in [5.41, 5.74) is 6.21. The van der Waals surface area contributed by atoms with Crippen molar-refractivity contribution in [2.45, 2.75) is 26.7 Å². The summed E-state index contributed by atoms with van der Waals surface area (Å²) >= 11 is 0. The molecule has 0 unspecified atom stereocenters. The average molecular weight is 300 g/mol. The molecule has 5 nitrogen and oxygen atoms in total. The van der Waals surface area contributed by atoms with E-state index in [9.17, 15) is 8.42 Å².